The van der Waals surface area contributed by atoms with Crippen molar-refractivity contribution in [1.29, 1.82) is 0 Å². The number of carbonyl (C=O) groups excluding carboxylic acids is 2. The van der Waals surface area contributed by atoms with E-state index in [1.807, 2.05) is 0 Å². The van der Waals surface area contributed by atoms with Crippen molar-refractivity contribution in [3.05, 3.63) is 40.9 Å². The molecule has 1 aliphatic heterocycles. The third-order valence-electron chi connectivity index (χ3n) is 2.27. The minimum Gasteiger partial charge on any atom is -0.325 e. The zero-order chi connectivity index (χ0) is 11.0. The van der Waals surface area contributed by atoms with Gasteiger partial charge in [0.15, 0.2) is 5.78 Å². The molecule has 1 aliphatic rings. The Morgan fingerprint density at radius 2 is 2.27 bits per heavy atom. The molecule has 0 radical (unpaired) electrons. The smallest absolute Gasteiger partial charge is 0.228 e. The van der Waals surface area contributed by atoms with Crippen LogP contribution in [0.25, 0.3) is 0 Å². The number of halogens is 1. The van der Waals surface area contributed by atoms with Crippen molar-refractivity contribution in [2.45, 2.75) is 6.42 Å². The predicted octanol–water partition coefficient (Wildman–Crippen LogP) is 2.20. The molecule has 0 aromatic heterocycles. The summed E-state index contributed by atoms with van der Waals surface area (Å²) in [5.41, 5.74) is 1.88. The maximum absolute atomic E-state index is 11.4. The Labute approximate surface area is 91.7 Å². The number of hydrogen-bond donors (Lipinski definition) is 1. The summed E-state index contributed by atoms with van der Waals surface area (Å²) in [6, 6.07) is 3.23. The Morgan fingerprint density at radius 1 is 1.53 bits per heavy atom. The summed E-state index contributed by atoms with van der Waals surface area (Å²) in [4.78, 5) is 22.5. The molecule has 4 heteroatoms. The normalized spacial score (nSPS) is 13.3. The molecule has 1 heterocycles. The molecule has 2 rings (SSSR count). The summed E-state index contributed by atoms with van der Waals surface area (Å²) < 4.78 is 0. The molecule has 1 N–H and O–H groups in total. The summed E-state index contributed by atoms with van der Waals surface area (Å²) in [6.07, 6.45) is 1.50. The molecule has 0 spiro atoms. The summed E-state index contributed by atoms with van der Waals surface area (Å²) in [5.74, 6) is -0.314. The number of amides is 1. The minimum absolute atomic E-state index is 0.0794. The fourth-order valence-corrected chi connectivity index (χ4v) is 1.80. The first-order chi connectivity index (χ1) is 7.11. The van der Waals surface area contributed by atoms with Gasteiger partial charge in [0.1, 0.15) is 0 Å². The number of fused-ring (bicyclic) bond motifs is 1. The number of benzene rings is 1. The second-order valence-corrected chi connectivity index (χ2v) is 3.69. The predicted molar refractivity (Wildman–Crippen MR) is 58.3 cm³/mol. The first-order valence-electron chi connectivity index (χ1n) is 4.41. The van der Waals surface area contributed by atoms with Crippen molar-refractivity contribution in [2.75, 3.05) is 5.32 Å². The van der Waals surface area contributed by atoms with Crippen LogP contribution in [0.15, 0.2) is 24.8 Å². The van der Waals surface area contributed by atoms with Gasteiger partial charge in [-0.1, -0.05) is 18.2 Å². The number of rotatable bonds is 2. The topological polar surface area (TPSA) is 46.2 Å². The monoisotopic (exact) mass is 221 g/mol. The van der Waals surface area contributed by atoms with Crippen molar-refractivity contribution in [2.24, 2.45) is 0 Å². The van der Waals surface area contributed by atoms with E-state index in [1.165, 1.54) is 6.08 Å². The average molecular weight is 222 g/mol. The van der Waals surface area contributed by atoms with Gasteiger partial charge in [0.25, 0.3) is 0 Å². The first-order valence-corrected chi connectivity index (χ1v) is 4.78. The summed E-state index contributed by atoms with van der Waals surface area (Å²) in [6.45, 7) is 3.40. The van der Waals surface area contributed by atoms with Crippen molar-refractivity contribution >= 4 is 29.0 Å². The van der Waals surface area contributed by atoms with Crippen LogP contribution in [0.1, 0.15) is 15.9 Å². The van der Waals surface area contributed by atoms with Crippen molar-refractivity contribution < 1.29 is 9.59 Å². The molecule has 0 bridgehead atoms. The van der Waals surface area contributed by atoms with E-state index in [1.54, 1.807) is 12.1 Å². The number of anilines is 1. The molecular formula is C11H8ClNO2. The summed E-state index contributed by atoms with van der Waals surface area (Å²) in [5, 5.41) is 3.00. The first kappa shape index (κ1) is 9.93. The van der Waals surface area contributed by atoms with Gasteiger partial charge in [-0.05, 0) is 23.8 Å². The van der Waals surface area contributed by atoms with E-state index in [4.69, 9.17) is 11.6 Å². The lowest BCUT2D eigenvalue weighted by molar-refractivity contribution is -0.115. The number of allylic oxidation sites excluding steroid dienone is 1. The van der Waals surface area contributed by atoms with Crippen LogP contribution in [-0.4, -0.2) is 11.7 Å². The van der Waals surface area contributed by atoms with Crippen molar-refractivity contribution in [1.82, 2.24) is 0 Å². The number of ketones is 1. The molecule has 0 unspecified atom stereocenters. The van der Waals surface area contributed by atoms with Gasteiger partial charge in [0.2, 0.25) is 5.91 Å². The highest BCUT2D eigenvalue weighted by Crippen LogP contribution is 2.29. The van der Waals surface area contributed by atoms with Gasteiger partial charge in [-0.15, -0.1) is 0 Å². The molecule has 15 heavy (non-hydrogen) atoms. The van der Waals surface area contributed by atoms with Crippen LogP contribution in [-0.2, 0) is 11.2 Å². The van der Waals surface area contributed by atoms with Gasteiger partial charge in [0.05, 0.1) is 11.4 Å². The van der Waals surface area contributed by atoms with E-state index in [-0.39, 0.29) is 11.7 Å². The van der Waals surface area contributed by atoms with Gasteiger partial charge in [-0.2, -0.15) is 0 Å². The lowest BCUT2D eigenvalue weighted by Crippen LogP contribution is -2.03. The van der Waals surface area contributed by atoms with E-state index in [0.29, 0.717) is 22.7 Å². The van der Waals surface area contributed by atoms with Gasteiger partial charge in [-0.3, -0.25) is 9.59 Å². The van der Waals surface area contributed by atoms with E-state index < -0.39 is 0 Å². The van der Waals surface area contributed by atoms with Crippen LogP contribution in [0.5, 0.6) is 0 Å². The molecule has 0 saturated heterocycles. The average Bonchev–Trinajstić information content (AvgIpc) is 2.55. The molecule has 0 atom stereocenters. The van der Waals surface area contributed by atoms with Crippen LogP contribution < -0.4 is 5.32 Å². The van der Waals surface area contributed by atoms with Crippen molar-refractivity contribution in [3.8, 4) is 0 Å². The molecule has 1 aromatic carbocycles. The molecule has 3 nitrogen and oxygen atoms in total. The number of carbonyl (C=O) groups is 2. The Balaban J connectivity index is 2.53. The number of hydrogen-bond acceptors (Lipinski definition) is 2. The quantitative estimate of drug-likeness (QED) is 0.615. The molecule has 0 aliphatic carbocycles. The fraction of sp³-hybridized carbons (Fsp3) is 0.0909. The van der Waals surface area contributed by atoms with Gasteiger partial charge >= 0.3 is 0 Å². The molecule has 0 fully saturated rings. The Morgan fingerprint density at radius 3 is 2.93 bits per heavy atom. The Bertz CT molecular complexity index is 480. The minimum atomic E-state index is -0.234. The van der Waals surface area contributed by atoms with Crippen molar-refractivity contribution in [3.63, 3.8) is 0 Å². The Hall–Kier alpha value is -1.61. The maximum atomic E-state index is 11.4. The summed E-state index contributed by atoms with van der Waals surface area (Å²) in [7, 11) is 0. The largest absolute Gasteiger partial charge is 0.325 e. The van der Waals surface area contributed by atoms with Crippen LogP contribution >= 0.6 is 11.6 Å². The van der Waals surface area contributed by atoms with Crippen LogP contribution in [0.2, 0.25) is 5.02 Å². The molecule has 0 saturated carbocycles. The number of nitrogens with one attached hydrogen (secondary N) is 1. The molecular weight excluding hydrogens is 214 g/mol. The lowest BCUT2D eigenvalue weighted by Gasteiger charge is -2.03. The van der Waals surface area contributed by atoms with E-state index in [0.717, 1.165) is 5.56 Å². The van der Waals surface area contributed by atoms with Crippen LogP contribution in [0, 0.1) is 0 Å². The van der Waals surface area contributed by atoms with E-state index in [2.05, 4.69) is 11.9 Å². The highest BCUT2D eigenvalue weighted by atomic mass is 35.5. The lowest BCUT2D eigenvalue weighted by atomic mass is 10.1. The standard InChI is InChI=1S/C11H8ClNO2/c1-2-10(14)7-3-6-4-11(15)13-9(6)5-8(7)12/h2-3,5H,1,4H2,(H,13,15). The summed E-state index contributed by atoms with van der Waals surface area (Å²) >= 11 is 5.91. The van der Waals surface area contributed by atoms with Crippen LogP contribution in [0.4, 0.5) is 5.69 Å². The van der Waals surface area contributed by atoms with Gasteiger partial charge < -0.3 is 5.32 Å². The third kappa shape index (κ3) is 1.66. The zero-order valence-corrected chi connectivity index (χ0v) is 8.60. The molecule has 76 valence electrons. The molecule has 1 aromatic rings. The van der Waals surface area contributed by atoms with Crippen LogP contribution in [0.3, 0.4) is 0 Å². The fourth-order valence-electron chi connectivity index (χ4n) is 1.55. The maximum Gasteiger partial charge on any atom is 0.228 e. The second kappa shape index (κ2) is 3.51. The highest BCUT2D eigenvalue weighted by molar-refractivity contribution is 6.35. The van der Waals surface area contributed by atoms with Gasteiger partial charge in [0, 0.05) is 11.3 Å². The van der Waals surface area contributed by atoms with E-state index in [9.17, 15) is 9.59 Å². The Kier molecular flexibility index (Phi) is 2.32. The SMILES string of the molecule is C=CC(=O)c1cc2c(cc1Cl)NC(=O)C2. The molecule has 1 amide bonds. The second-order valence-electron chi connectivity index (χ2n) is 3.28. The third-order valence-corrected chi connectivity index (χ3v) is 2.58. The van der Waals surface area contributed by atoms with E-state index >= 15 is 0 Å². The highest BCUT2D eigenvalue weighted by Gasteiger charge is 2.20. The van der Waals surface area contributed by atoms with Gasteiger partial charge in [-0.25, -0.2) is 0 Å². The zero-order valence-electron chi connectivity index (χ0n) is 7.84.